The molecule has 1 saturated heterocycles. The fourth-order valence-electron chi connectivity index (χ4n) is 3.79. The molecule has 7 heteroatoms. The van der Waals surface area contributed by atoms with Crippen LogP contribution in [0.1, 0.15) is 51.1 Å². The van der Waals surface area contributed by atoms with E-state index in [4.69, 9.17) is 4.99 Å². The highest BCUT2D eigenvalue weighted by Gasteiger charge is 2.34. The van der Waals surface area contributed by atoms with Crippen molar-refractivity contribution < 1.29 is 14.4 Å². The third-order valence-corrected chi connectivity index (χ3v) is 6.58. The van der Waals surface area contributed by atoms with Crippen molar-refractivity contribution in [2.75, 3.05) is 18.8 Å². The molecular formula is C24H25N3O3S. The molecule has 3 amide bonds. The molecule has 2 aromatic carbocycles. The topological polar surface area (TPSA) is 70.1 Å². The number of amides is 3. The van der Waals surface area contributed by atoms with E-state index in [0.29, 0.717) is 24.1 Å². The third kappa shape index (κ3) is 4.42. The van der Waals surface area contributed by atoms with Gasteiger partial charge in [-0.15, -0.1) is 0 Å². The number of nitrogens with zero attached hydrogens (tertiary/aromatic N) is 3. The van der Waals surface area contributed by atoms with Gasteiger partial charge in [0.15, 0.2) is 5.17 Å². The quantitative estimate of drug-likeness (QED) is 0.656. The molecule has 6 nitrogen and oxygen atoms in total. The van der Waals surface area contributed by atoms with E-state index in [1.165, 1.54) is 4.90 Å². The van der Waals surface area contributed by atoms with Gasteiger partial charge in [-0.05, 0) is 56.0 Å². The number of fused-ring (bicyclic) bond motifs is 1. The first kappa shape index (κ1) is 21.3. The minimum absolute atomic E-state index is 0.0205. The first-order valence-electron chi connectivity index (χ1n) is 10.5. The largest absolute Gasteiger partial charge is 0.291 e. The van der Waals surface area contributed by atoms with Gasteiger partial charge in [0.1, 0.15) is 0 Å². The van der Waals surface area contributed by atoms with Gasteiger partial charge < -0.3 is 0 Å². The summed E-state index contributed by atoms with van der Waals surface area (Å²) >= 11 is 1.60. The number of rotatable bonds is 5. The molecule has 0 N–H and O–H groups in total. The van der Waals surface area contributed by atoms with Gasteiger partial charge in [-0.1, -0.05) is 36.0 Å². The molecule has 160 valence electrons. The summed E-state index contributed by atoms with van der Waals surface area (Å²) in [5, 5.41) is 0.727. The predicted molar refractivity (Wildman–Crippen MR) is 123 cm³/mol. The summed E-state index contributed by atoms with van der Waals surface area (Å²) < 4.78 is 0. The van der Waals surface area contributed by atoms with Gasteiger partial charge in [-0.2, -0.15) is 0 Å². The van der Waals surface area contributed by atoms with Gasteiger partial charge in [-0.3, -0.25) is 24.2 Å². The number of carbonyl (C=O) groups excluding carboxylic acids is 3. The number of imide groups is 1. The first-order valence-corrected chi connectivity index (χ1v) is 11.5. The van der Waals surface area contributed by atoms with Crippen molar-refractivity contribution in [2.45, 2.75) is 33.1 Å². The molecule has 0 saturated carbocycles. The lowest BCUT2D eigenvalue weighted by Gasteiger charge is -2.28. The van der Waals surface area contributed by atoms with Crippen LogP contribution < -0.4 is 0 Å². The Hall–Kier alpha value is -2.93. The highest BCUT2D eigenvalue weighted by Crippen LogP contribution is 2.27. The summed E-state index contributed by atoms with van der Waals surface area (Å²) in [4.78, 5) is 45.7. The van der Waals surface area contributed by atoms with Gasteiger partial charge >= 0.3 is 0 Å². The van der Waals surface area contributed by atoms with Crippen LogP contribution in [0.4, 0.5) is 5.69 Å². The maximum absolute atomic E-state index is 12.9. The summed E-state index contributed by atoms with van der Waals surface area (Å²) in [7, 11) is 0. The number of benzene rings is 2. The predicted octanol–water partition coefficient (Wildman–Crippen LogP) is 4.33. The average Bonchev–Trinajstić information content (AvgIpc) is 3.01. The van der Waals surface area contributed by atoms with E-state index in [1.54, 1.807) is 40.9 Å². The second kappa shape index (κ2) is 9.06. The number of aliphatic imine (C=N–C) groups is 1. The fraction of sp³-hybridized carbons (Fsp3) is 0.333. The lowest BCUT2D eigenvalue weighted by molar-refractivity contribution is -0.127. The zero-order valence-electron chi connectivity index (χ0n) is 17.8. The van der Waals surface area contributed by atoms with Crippen molar-refractivity contribution in [1.29, 1.82) is 0 Å². The van der Waals surface area contributed by atoms with Crippen LogP contribution in [0.2, 0.25) is 0 Å². The molecule has 2 aliphatic heterocycles. The van der Waals surface area contributed by atoms with Crippen molar-refractivity contribution >= 4 is 40.3 Å². The van der Waals surface area contributed by atoms with Crippen LogP contribution in [0.15, 0.2) is 47.5 Å². The standard InChI is InChI=1S/C24H25N3O3S/c1-16-10-11-17(2)20(15-16)25-24-26(13-6-14-31-24)21(28)9-5-12-27-22(29)18-7-3-4-8-19(18)23(27)30/h3-4,7-8,10-11,15H,5-6,9,12-14H2,1-2H3. The molecule has 0 spiro atoms. The molecule has 0 atom stereocenters. The lowest BCUT2D eigenvalue weighted by Crippen LogP contribution is -2.39. The normalized spacial score (nSPS) is 17.4. The number of amidine groups is 1. The van der Waals surface area contributed by atoms with Gasteiger partial charge in [-0.25, -0.2) is 4.99 Å². The maximum Gasteiger partial charge on any atom is 0.261 e. The van der Waals surface area contributed by atoms with Crippen molar-refractivity contribution in [3.63, 3.8) is 0 Å². The first-order chi connectivity index (χ1) is 15.0. The second-order valence-electron chi connectivity index (χ2n) is 7.84. The lowest BCUT2D eigenvalue weighted by atomic mass is 10.1. The minimum atomic E-state index is -0.279. The SMILES string of the molecule is Cc1ccc(C)c(N=C2SCCCN2C(=O)CCCN2C(=O)c3ccccc3C2=O)c1. The van der Waals surface area contributed by atoms with Crippen molar-refractivity contribution in [3.8, 4) is 0 Å². The Bertz CT molecular complexity index is 1040. The molecule has 0 unspecified atom stereocenters. The van der Waals surface area contributed by atoms with Gasteiger partial charge in [0.25, 0.3) is 11.8 Å². The van der Waals surface area contributed by atoms with Crippen LogP contribution in [-0.4, -0.2) is 51.5 Å². The van der Waals surface area contributed by atoms with E-state index in [2.05, 4.69) is 6.07 Å². The number of hydrogen-bond acceptors (Lipinski definition) is 5. The number of aryl methyl sites for hydroxylation is 2. The minimum Gasteiger partial charge on any atom is -0.291 e. The van der Waals surface area contributed by atoms with Crippen LogP contribution in [0.3, 0.4) is 0 Å². The Balaban J connectivity index is 1.41. The summed E-state index contributed by atoms with van der Waals surface area (Å²) in [6, 6.07) is 13.0. The molecule has 0 aromatic heterocycles. The summed E-state index contributed by atoms with van der Waals surface area (Å²) in [5.74, 6) is 0.355. The van der Waals surface area contributed by atoms with Gasteiger partial charge in [0, 0.05) is 25.3 Å². The smallest absolute Gasteiger partial charge is 0.261 e. The number of hydrogen-bond donors (Lipinski definition) is 0. The van der Waals surface area contributed by atoms with Crippen LogP contribution in [0.5, 0.6) is 0 Å². The van der Waals surface area contributed by atoms with Crippen LogP contribution >= 0.6 is 11.8 Å². The van der Waals surface area contributed by atoms with Gasteiger partial charge in [0.05, 0.1) is 16.8 Å². The van der Waals surface area contributed by atoms with Crippen LogP contribution in [0.25, 0.3) is 0 Å². The van der Waals surface area contributed by atoms with Crippen LogP contribution in [0, 0.1) is 13.8 Å². The average molecular weight is 436 g/mol. The van der Waals surface area contributed by atoms with Crippen molar-refractivity contribution in [1.82, 2.24) is 9.80 Å². The molecule has 1 fully saturated rings. The van der Waals surface area contributed by atoms with E-state index in [1.807, 2.05) is 26.0 Å². The van der Waals surface area contributed by atoms with Crippen molar-refractivity contribution in [2.24, 2.45) is 4.99 Å². The molecular weight excluding hydrogens is 410 g/mol. The van der Waals surface area contributed by atoms with Gasteiger partial charge in [0.2, 0.25) is 5.91 Å². The summed E-state index contributed by atoms with van der Waals surface area (Å²) in [5.41, 5.74) is 3.96. The monoisotopic (exact) mass is 435 g/mol. The Morgan fingerprint density at radius 3 is 2.48 bits per heavy atom. The zero-order chi connectivity index (χ0) is 22.0. The van der Waals surface area contributed by atoms with Crippen LogP contribution in [-0.2, 0) is 4.79 Å². The second-order valence-corrected chi connectivity index (χ2v) is 8.90. The Kier molecular flexibility index (Phi) is 6.23. The Morgan fingerprint density at radius 2 is 1.77 bits per heavy atom. The Labute approximate surface area is 186 Å². The number of carbonyl (C=O) groups is 3. The molecule has 2 aliphatic rings. The van der Waals surface area contributed by atoms with E-state index in [0.717, 1.165) is 34.2 Å². The molecule has 2 heterocycles. The zero-order valence-corrected chi connectivity index (χ0v) is 18.6. The van der Waals surface area contributed by atoms with E-state index < -0.39 is 0 Å². The summed E-state index contributed by atoms with van der Waals surface area (Å²) in [6.45, 7) is 4.92. The molecule has 0 aliphatic carbocycles. The highest BCUT2D eigenvalue weighted by molar-refractivity contribution is 8.13. The maximum atomic E-state index is 12.9. The fourth-order valence-corrected chi connectivity index (χ4v) is 4.76. The van der Waals surface area contributed by atoms with E-state index in [-0.39, 0.29) is 30.7 Å². The Morgan fingerprint density at radius 1 is 1.06 bits per heavy atom. The highest BCUT2D eigenvalue weighted by atomic mass is 32.2. The number of thioether (sulfide) groups is 1. The summed E-state index contributed by atoms with van der Waals surface area (Å²) in [6.07, 6.45) is 1.61. The van der Waals surface area contributed by atoms with E-state index >= 15 is 0 Å². The van der Waals surface area contributed by atoms with Crippen molar-refractivity contribution in [3.05, 3.63) is 64.7 Å². The van der Waals surface area contributed by atoms with E-state index in [9.17, 15) is 14.4 Å². The molecule has 0 bridgehead atoms. The molecule has 4 rings (SSSR count). The third-order valence-electron chi connectivity index (χ3n) is 5.52. The molecule has 0 radical (unpaired) electrons. The molecule has 2 aromatic rings. The molecule has 31 heavy (non-hydrogen) atoms.